The third-order valence-electron chi connectivity index (χ3n) is 8.45. The largest absolute Gasteiger partial charge is 0.439 e. The first-order chi connectivity index (χ1) is 20.0. The minimum absolute atomic E-state index is 0.379. The lowest BCUT2D eigenvalue weighted by Crippen LogP contribution is -2.31. The lowest BCUT2D eigenvalue weighted by atomic mass is 9.76. The highest BCUT2D eigenvalue weighted by atomic mass is 16.6. The Labute approximate surface area is 242 Å². The number of fused-ring (bicyclic) bond motifs is 2. The van der Waals surface area contributed by atoms with Gasteiger partial charge in [0, 0.05) is 59.1 Å². The lowest BCUT2D eigenvalue weighted by Gasteiger charge is -2.33. The van der Waals surface area contributed by atoms with Crippen molar-refractivity contribution in [3.63, 3.8) is 0 Å². The number of unbranched alkanes of at least 4 members (excludes halogenated alkanes) is 1. The van der Waals surface area contributed by atoms with Crippen molar-refractivity contribution in [3.8, 4) is 11.3 Å². The highest BCUT2D eigenvalue weighted by Gasteiger charge is 2.53. The van der Waals surface area contributed by atoms with E-state index in [0.29, 0.717) is 5.69 Å². The summed E-state index contributed by atoms with van der Waals surface area (Å²) < 4.78 is 9.11. The predicted octanol–water partition coefficient (Wildman–Crippen LogP) is 8.12. The molecule has 0 radical (unpaired) electrons. The highest BCUT2D eigenvalue weighted by Crippen LogP contribution is 2.53. The number of carbonyl (C=O) groups is 1. The van der Waals surface area contributed by atoms with Gasteiger partial charge < -0.3 is 14.2 Å². The minimum Gasteiger partial charge on any atom is -0.439 e. The van der Waals surface area contributed by atoms with Crippen LogP contribution in [0.15, 0.2) is 91.1 Å². The molecular formula is C36H37N3O2. The first-order valence-corrected chi connectivity index (χ1v) is 14.8. The average Bonchev–Trinajstić information content (AvgIpc) is 3.50. The summed E-state index contributed by atoms with van der Waals surface area (Å²) in [5.41, 5.74) is 7.52. The zero-order chi connectivity index (χ0) is 28.6. The van der Waals surface area contributed by atoms with Gasteiger partial charge in [0.2, 0.25) is 0 Å². The van der Waals surface area contributed by atoms with Gasteiger partial charge in [0.1, 0.15) is 0 Å². The summed E-state index contributed by atoms with van der Waals surface area (Å²) in [6, 6.07) is 29.5. The first-order valence-electron chi connectivity index (χ1n) is 14.8. The number of anilines is 1. The molecular weight excluding hydrogens is 506 g/mol. The standard InChI is InChI=1S/C36H37N3O2/c1-5-8-23-39-31-19-13-12-17-28(31)32(34(39)26-15-10-9-11-16-26)36(30-18-14-22-37-33(30)35(40)41-36)29-21-20-27(24-25(29)4)38(6-2)7-3/h9-22,24H,5-8,23H2,1-4H3. The number of aromatic nitrogens is 2. The lowest BCUT2D eigenvalue weighted by molar-refractivity contribution is 0.0252. The molecule has 6 rings (SSSR count). The molecule has 1 atom stereocenters. The van der Waals surface area contributed by atoms with E-state index in [-0.39, 0.29) is 0 Å². The second-order valence-electron chi connectivity index (χ2n) is 10.8. The van der Waals surface area contributed by atoms with Crippen molar-refractivity contribution in [1.29, 1.82) is 0 Å². The summed E-state index contributed by atoms with van der Waals surface area (Å²) in [5, 5.41) is 1.08. The highest BCUT2D eigenvalue weighted by molar-refractivity contribution is 6.00. The quantitative estimate of drug-likeness (QED) is 0.176. The van der Waals surface area contributed by atoms with Crippen LogP contribution in [0.25, 0.3) is 22.2 Å². The van der Waals surface area contributed by atoms with E-state index in [2.05, 4.69) is 109 Å². The zero-order valence-electron chi connectivity index (χ0n) is 24.4. The van der Waals surface area contributed by atoms with Gasteiger partial charge in [0.15, 0.2) is 11.3 Å². The molecule has 0 fully saturated rings. The summed E-state index contributed by atoms with van der Waals surface area (Å²) >= 11 is 0. The van der Waals surface area contributed by atoms with Crippen molar-refractivity contribution in [2.45, 2.75) is 52.7 Å². The Morgan fingerprint density at radius 1 is 0.878 bits per heavy atom. The molecule has 5 aromatic rings. The first kappa shape index (κ1) is 26.8. The molecule has 0 N–H and O–H groups in total. The second kappa shape index (κ2) is 10.9. The SMILES string of the molecule is CCCCn1c(-c2ccccc2)c(C2(c3ccc(N(CC)CC)cc3C)OC(=O)c3ncccc32)c2ccccc21. The Bertz CT molecular complexity index is 1720. The molecule has 5 nitrogen and oxygen atoms in total. The smallest absolute Gasteiger partial charge is 0.358 e. The topological polar surface area (TPSA) is 47.4 Å². The van der Waals surface area contributed by atoms with Gasteiger partial charge in [-0.1, -0.05) is 74.0 Å². The van der Waals surface area contributed by atoms with E-state index in [1.807, 2.05) is 18.2 Å². The number of carbonyl (C=O) groups excluding carboxylic acids is 1. The Kier molecular flexibility index (Phi) is 7.12. The number of esters is 1. The van der Waals surface area contributed by atoms with Crippen molar-refractivity contribution in [2.75, 3.05) is 18.0 Å². The number of benzene rings is 3. The number of hydrogen-bond acceptors (Lipinski definition) is 4. The van der Waals surface area contributed by atoms with Crippen LogP contribution in [0, 0.1) is 6.92 Å². The number of nitrogens with zero attached hydrogens (tertiary/aromatic N) is 3. The monoisotopic (exact) mass is 543 g/mol. The van der Waals surface area contributed by atoms with Gasteiger partial charge in [-0.05, 0) is 62.6 Å². The number of rotatable bonds is 9. The van der Waals surface area contributed by atoms with Gasteiger partial charge in [-0.3, -0.25) is 0 Å². The van der Waals surface area contributed by atoms with E-state index in [1.165, 1.54) is 0 Å². The Hall–Kier alpha value is -4.38. The third kappa shape index (κ3) is 4.22. The molecule has 3 heterocycles. The van der Waals surface area contributed by atoms with Gasteiger partial charge in [0.05, 0.1) is 5.69 Å². The molecule has 1 aliphatic rings. The van der Waals surface area contributed by atoms with Crippen LogP contribution in [0.5, 0.6) is 0 Å². The van der Waals surface area contributed by atoms with Gasteiger partial charge in [-0.25, -0.2) is 9.78 Å². The van der Waals surface area contributed by atoms with Crippen LogP contribution in [0.1, 0.15) is 66.4 Å². The maximum atomic E-state index is 13.7. The molecule has 41 heavy (non-hydrogen) atoms. The molecule has 0 amide bonds. The van der Waals surface area contributed by atoms with Crippen molar-refractivity contribution in [1.82, 2.24) is 9.55 Å². The molecule has 0 saturated heterocycles. The van der Waals surface area contributed by atoms with E-state index >= 15 is 0 Å². The van der Waals surface area contributed by atoms with E-state index < -0.39 is 11.6 Å². The Morgan fingerprint density at radius 3 is 2.37 bits per heavy atom. The molecule has 2 aromatic heterocycles. The molecule has 3 aromatic carbocycles. The second-order valence-corrected chi connectivity index (χ2v) is 10.8. The maximum Gasteiger partial charge on any atom is 0.358 e. The molecule has 0 saturated carbocycles. The molecule has 208 valence electrons. The van der Waals surface area contributed by atoms with E-state index in [4.69, 9.17) is 4.74 Å². The van der Waals surface area contributed by atoms with Crippen LogP contribution in [-0.2, 0) is 16.9 Å². The molecule has 0 aliphatic carbocycles. The predicted molar refractivity (Wildman–Crippen MR) is 167 cm³/mol. The van der Waals surface area contributed by atoms with Crippen LogP contribution in [-0.4, -0.2) is 28.6 Å². The fourth-order valence-corrected chi connectivity index (χ4v) is 6.55. The summed E-state index contributed by atoms with van der Waals surface area (Å²) in [4.78, 5) is 20.5. The average molecular weight is 544 g/mol. The maximum absolute atomic E-state index is 13.7. The Balaban J connectivity index is 1.76. The van der Waals surface area contributed by atoms with Crippen LogP contribution in [0.4, 0.5) is 5.69 Å². The van der Waals surface area contributed by atoms with E-state index in [1.54, 1.807) is 6.20 Å². The number of pyridine rings is 1. The van der Waals surface area contributed by atoms with Gasteiger partial charge in [0.25, 0.3) is 0 Å². The summed E-state index contributed by atoms with van der Waals surface area (Å²) in [5.74, 6) is -0.391. The summed E-state index contributed by atoms with van der Waals surface area (Å²) in [6.07, 6.45) is 3.80. The number of cyclic esters (lactones) is 1. The normalized spacial score (nSPS) is 16.1. The van der Waals surface area contributed by atoms with Gasteiger partial charge in [-0.15, -0.1) is 0 Å². The molecule has 0 spiro atoms. The van der Waals surface area contributed by atoms with Gasteiger partial charge >= 0.3 is 5.97 Å². The van der Waals surface area contributed by atoms with Crippen molar-refractivity contribution < 1.29 is 9.53 Å². The van der Waals surface area contributed by atoms with E-state index in [0.717, 1.165) is 82.6 Å². The molecule has 1 unspecified atom stereocenters. The number of para-hydroxylation sites is 1. The zero-order valence-corrected chi connectivity index (χ0v) is 24.4. The molecule has 5 heteroatoms. The van der Waals surface area contributed by atoms with Gasteiger partial charge in [-0.2, -0.15) is 0 Å². The molecule has 1 aliphatic heterocycles. The molecule has 0 bridgehead atoms. The fourth-order valence-electron chi connectivity index (χ4n) is 6.55. The number of aryl methyl sites for hydroxylation is 2. The van der Waals surface area contributed by atoms with Crippen LogP contribution in [0.3, 0.4) is 0 Å². The van der Waals surface area contributed by atoms with Crippen LogP contribution < -0.4 is 4.90 Å². The van der Waals surface area contributed by atoms with E-state index in [9.17, 15) is 4.79 Å². The fraction of sp³-hybridized carbons (Fsp3) is 0.278. The number of ether oxygens (including phenoxy) is 1. The summed E-state index contributed by atoms with van der Waals surface area (Å²) in [6.45, 7) is 11.4. The number of hydrogen-bond donors (Lipinski definition) is 0. The van der Waals surface area contributed by atoms with Crippen LogP contribution in [0.2, 0.25) is 0 Å². The Morgan fingerprint density at radius 2 is 1.63 bits per heavy atom. The third-order valence-corrected chi connectivity index (χ3v) is 8.45. The summed E-state index contributed by atoms with van der Waals surface area (Å²) in [7, 11) is 0. The van der Waals surface area contributed by atoms with Crippen molar-refractivity contribution in [3.05, 3.63) is 119 Å². The van der Waals surface area contributed by atoms with Crippen molar-refractivity contribution >= 4 is 22.6 Å². The van der Waals surface area contributed by atoms with Crippen molar-refractivity contribution in [2.24, 2.45) is 0 Å². The van der Waals surface area contributed by atoms with Crippen LogP contribution >= 0.6 is 0 Å². The minimum atomic E-state index is -1.16.